The van der Waals surface area contributed by atoms with Gasteiger partial charge in [-0.2, -0.15) is 13.2 Å². The maximum absolute atomic E-state index is 12.6. The van der Waals surface area contributed by atoms with Gasteiger partial charge in [0.2, 0.25) is 0 Å². The fourth-order valence-electron chi connectivity index (χ4n) is 2.84. The van der Waals surface area contributed by atoms with Gasteiger partial charge in [-0.05, 0) is 31.0 Å². The van der Waals surface area contributed by atoms with E-state index >= 15 is 0 Å². The summed E-state index contributed by atoms with van der Waals surface area (Å²) in [6, 6.07) is 6.22. The van der Waals surface area contributed by atoms with Crippen molar-refractivity contribution in [2.24, 2.45) is 0 Å². The Bertz CT molecular complexity index is 428. The normalized spacial score (nSPS) is 22.8. The zero-order chi connectivity index (χ0) is 14.8. The first kappa shape index (κ1) is 15.3. The Kier molecular flexibility index (Phi) is 4.70. The van der Waals surface area contributed by atoms with Crippen molar-refractivity contribution in [1.82, 2.24) is 10.2 Å². The molecule has 5 heteroatoms. The molecule has 0 aliphatic carbocycles. The third kappa shape index (κ3) is 3.52. The van der Waals surface area contributed by atoms with Crippen molar-refractivity contribution in [2.45, 2.75) is 38.5 Å². The zero-order valence-electron chi connectivity index (χ0n) is 11.9. The monoisotopic (exact) mass is 286 g/mol. The van der Waals surface area contributed by atoms with E-state index in [1.54, 1.807) is 12.1 Å². The van der Waals surface area contributed by atoms with Gasteiger partial charge in [0, 0.05) is 31.7 Å². The minimum Gasteiger partial charge on any atom is -0.312 e. The SMILES string of the molecule is CCC(c1ccc(C(F)(F)F)cc1)N1CCN[C@@H](C)C1. The molecule has 1 N–H and O–H groups in total. The Hall–Kier alpha value is -1.07. The van der Waals surface area contributed by atoms with Crippen molar-refractivity contribution in [3.8, 4) is 0 Å². The van der Waals surface area contributed by atoms with Gasteiger partial charge in [-0.15, -0.1) is 0 Å². The van der Waals surface area contributed by atoms with E-state index in [2.05, 4.69) is 24.1 Å². The zero-order valence-corrected chi connectivity index (χ0v) is 11.9. The molecular weight excluding hydrogens is 265 g/mol. The summed E-state index contributed by atoms with van der Waals surface area (Å²) >= 11 is 0. The molecule has 2 atom stereocenters. The molecule has 20 heavy (non-hydrogen) atoms. The van der Waals surface area contributed by atoms with E-state index < -0.39 is 11.7 Å². The fraction of sp³-hybridized carbons (Fsp3) is 0.600. The van der Waals surface area contributed by atoms with E-state index in [0.29, 0.717) is 6.04 Å². The molecule has 1 fully saturated rings. The highest BCUT2D eigenvalue weighted by Crippen LogP contribution is 2.31. The van der Waals surface area contributed by atoms with E-state index in [9.17, 15) is 13.2 Å². The molecule has 0 radical (unpaired) electrons. The van der Waals surface area contributed by atoms with Crippen LogP contribution in [0.5, 0.6) is 0 Å². The predicted octanol–water partition coefficient (Wildman–Crippen LogP) is 3.45. The van der Waals surface area contributed by atoms with Gasteiger partial charge in [0.25, 0.3) is 0 Å². The second-order valence-corrected chi connectivity index (χ2v) is 5.39. The largest absolute Gasteiger partial charge is 0.416 e. The number of benzene rings is 1. The Morgan fingerprint density at radius 3 is 2.45 bits per heavy atom. The summed E-state index contributed by atoms with van der Waals surface area (Å²) < 4.78 is 37.8. The molecule has 112 valence electrons. The van der Waals surface area contributed by atoms with Crippen LogP contribution in [0.4, 0.5) is 13.2 Å². The number of hydrogen-bond donors (Lipinski definition) is 1. The molecule has 1 aromatic carbocycles. The lowest BCUT2D eigenvalue weighted by Gasteiger charge is -2.37. The summed E-state index contributed by atoms with van der Waals surface area (Å²) in [4.78, 5) is 2.35. The highest BCUT2D eigenvalue weighted by molar-refractivity contribution is 5.27. The number of alkyl halides is 3. The first-order valence-corrected chi connectivity index (χ1v) is 7.06. The van der Waals surface area contributed by atoms with Crippen LogP contribution in [0.1, 0.15) is 37.4 Å². The minimum absolute atomic E-state index is 0.196. The molecule has 1 aliphatic heterocycles. The van der Waals surface area contributed by atoms with E-state index in [1.807, 2.05) is 0 Å². The van der Waals surface area contributed by atoms with Crippen molar-refractivity contribution in [3.63, 3.8) is 0 Å². The Morgan fingerprint density at radius 2 is 1.95 bits per heavy atom. The summed E-state index contributed by atoms with van der Waals surface area (Å²) in [5, 5.41) is 3.38. The molecule has 2 nitrogen and oxygen atoms in total. The molecule has 2 rings (SSSR count). The molecule has 1 aliphatic rings. The van der Waals surface area contributed by atoms with Gasteiger partial charge in [0.1, 0.15) is 0 Å². The van der Waals surface area contributed by atoms with Crippen LogP contribution >= 0.6 is 0 Å². The van der Waals surface area contributed by atoms with Crippen molar-refractivity contribution in [3.05, 3.63) is 35.4 Å². The Morgan fingerprint density at radius 1 is 1.30 bits per heavy atom. The molecule has 0 spiro atoms. The highest BCUT2D eigenvalue weighted by Gasteiger charge is 2.30. The Balaban J connectivity index is 2.15. The minimum atomic E-state index is -4.26. The van der Waals surface area contributed by atoms with E-state index in [0.717, 1.165) is 31.6 Å². The van der Waals surface area contributed by atoms with Crippen LogP contribution < -0.4 is 5.32 Å². The summed E-state index contributed by atoms with van der Waals surface area (Å²) in [6.45, 7) is 7.00. The van der Waals surface area contributed by atoms with Crippen LogP contribution in [0.15, 0.2) is 24.3 Å². The molecule has 1 heterocycles. The van der Waals surface area contributed by atoms with Crippen molar-refractivity contribution in [2.75, 3.05) is 19.6 Å². The van der Waals surface area contributed by atoms with Crippen LogP contribution in [-0.4, -0.2) is 30.6 Å². The first-order chi connectivity index (χ1) is 9.41. The lowest BCUT2D eigenvalue weighted by molar-refractivity contribution is -0.137. The maximum atomic E-state index is 12.6. The summed E-state index contributed by atoms with van der Waals surface area (Å²) in [6.07, 6.45) is -3.36. The van der Waals surface area contributed by atoms with Crippen molar-refractivity contribution in [1.29, 1.82) is 0 Å². The van der Waals surface area contributed by atoms with Gasteiger partial charge < -0.3 is 5.32 Å². The molecule has 0 aromatic heterocycles. The van der Waals surface area contributed by atoms with Crippen LogP contribution in [0.3, 0.4) is 0 Å². The van der Waals surface area contributed by atoms with E-state index in [1.165, 1.54) is 12.1 Å². The molecule has 1 aromatic rings. The smallest absolute Gasteiger partial charge is 0.312 e. The molecule has 1 saturated heterocycles. The predicted molar refractivity (Wildman–Crippen MR) is 73.5 cm³/mol. The topological polar surface area (TPSA) is 15.3 Å². The third-order valence-corrected chi connectivity index (χ3v) is 3.85. The van der Waals surface area contributed by atoms with E-state index in [-0.39, 0.29) is 6.04 Å². The molecule has 0 amide bonds. The van der Waals surface area contributed by atoms with Crippen LogP contribution in [0.25, 0.3) is 0 Å². The van der Waals surface area contributed by atoms with Gasteiger partial charge in [-0.3, -0.25) is 4.90 Å². The molecule has 1 unspecified atom stereocenters. The van der Waals surface area contributed by atoms with Crippen LogP contribution in [0, 0.1) is 0 Å². The summed E-state index contributed by atoms with van der Waals surface area (Å²) in [5.41, 5.74) is 0.388. The third-order valence-electron chi connectivity index (χ3n) is 3.85. The molecular formula is C15H21F3N2. The number of nitrogens with one attached hydrogen (secondary N) is 1. The average Bonchev–Trinajstić information content (AvgIpc) is 2.39. The van der Waals surface area contributed by atoms with Crippen molar-refractivity contribution < 1.29 is 13.2 Å². The number of rotatable bonds is 3. The maximum Gasteiger partial charge on any atom is 0.416 e. The second-order valence-electron chi connectivity index (χ2n) is 5.39. The quantitative estimate of drug-likeness (QED) is 0.915. The number of hydrogen-bond acceptors (Lipinski definition) is 2. The number of nitrogens with zero attached hydrogens (tertiary/aromatic N) is 1. The molecule has 0 bridgehead atoms. The van der Waals surface area contributed by atoms with Crippen LogP contribution in [0.2, 0.25) is 0 Å². The highest BCUT2D eigenvalue weighted by atomic mass is 19.4. The van der Waals surface area contributed by atoms with Gasteiger partial charge in [0.05, 0.1) is 5.56 Å². The second kappa shape index (κ2) is 6.14. The van der Waals surface area contributed by atoms with Gasteiger partial charge in [0.15, 0.2) is 0 Å². The summed E-state index contributed by atoms with van der Waals surface area (Å²) in [7, 11) is 0. The van der Waals surface area contributed by atoms with Gasteiger partial charge in [-0.1, -0.05) is 19.1 Å². The fourth-order valence-corrected chi connectivity index (χ4v) is 2.84. The standard InChI is InChI=1S/C15H21F3N2/c1-3-14(20-9-8-19-11(2)10-20)12-4-6-13(7-5-12)15(16,17)18/h4-7,11,14,19H,3,8-10H2,1-2H3/t11-,14?/m0/s1. The molecule has 0 saturated carbocycles. The average molecular weight is 286 g/mol. The summed E-state index contributed by atoms with van der Waals surface area (Å²) in [5.74, 6) is 0. The van der Waals surface area contributed by atoms with Gasteiger partial charge in [-0.25, -0.2) is 0 Å². The Labute approximate surface area is 118 Å². The number of piperazine rings is 1. The van der Waals surface area contributed by atoms with Crippen molar-refractivity contribution >= 4 is 0 Å². The lowest BCUT2D eigenvalue weighted by Crippen LogP contribution is -2.50. The first-order valence-electron chi connectivity index (χ1n) is 7.06. The van der Waals surface area contributed by atoms with Gasteiger partial charge >= 0.3 is 6.18 Å². The van der Waals surface area contributed by atoms with Crippen LogP contribution in [-0.2, 0) is 6.18 Å². The lowest BCUT2D eigenvalue weighted by atomic mass is 9.99. The van der Waals surface area contributed by atoms with E-state index in [4.69, 9.17) is 0 Å². The number of halogens is 3.